The van der Waals surface area contributed by atoms with E-state index in [1.807, 2.05) is 0 Å². The van der Waals surface area contributed by atoms with Crippen molar-refractivity contribution >= 4 is 33.2 Å². The maximum atomic E-state index is 10.3. The molecule has 10 heteroatoms. The summed E-state index contributed by atoms with van der Waals surface area (Å²) in [6.45, 7) is 1.89. The molecule has 0 heterocycles. The van der Waals surface area contributed by atoms with Gasteiger partial charge in [-0.15, -0.1) is 0 Å². The van der Waals surface area contributed by atoms with Crippen LogP contribution in [-0.2, 0) is 15.2 Å². The van der Waals surface area contributed by atoms with Gasteiger partial charge in [-0.2, -0.15) is 8.42 Å². The van der Waals surface area contributed by atoms with Crippen molar-refractivity contribution in [1.29, 1.82) is 5.41 Å². The SMILES string of the molecule is CC(=O)NC(=N)SCCN.O=S(=O)(O)O. The van der Waals surface area contributed by atoms with Crippen LogP contribution in [0, 0.1) is 5.41 Å². The van der Waals surface area contributed by atoms with Crippen LogP contribution in [0.3, 0.4) is 0 Å². The molecule has 15 heavy (non-hydrogen) atoms. The summed E-state index contributed by atoms with van der Waals surface area (Å²) >= 11 is 1.23. The molecule has 0 aliphatic rings. The Kier molecular flexibility index (Phi) is 9.61. The summed E-state index contributed by atoms with van der Waals surface area (Å²) in [4.78, 5) is 10.3. The number of nitrogens with one attached hydrogen (secondary N) is 2. The fourth-order valence-electron chi connectivity index (χ4n) is 0.357. The van der Waals surface area contributed by atoms with Crippen molar-refractivity contribution in [3.8, 4) is 0 Å². The molecule has 0 radical (unpaired) electrons. The van der Waals surface area contributed by atoms with Crippen LogP contribution >= 0.6 is 11.8 Å². The highest BCUT2D eigenvalue weighted by molar-refractivity contribution is 8.13. The lowest BCUT2D eigenvalue weighted by atomic mass is 10.7. The third-order valence-electron chi connectivity index (χ3n) is 0.654. The zero-order chi connectivity index (χ0) is 12.5. The first-order valence-electron chi connectivity index (χ1n) is 3.55. The second kappa shape index (κ2) is 8.61. The van der Waals surface area contributed by atoms with E-state index < -0.39 is 10.4 Å². The zero-order valence-corrected chi connectivity index (χ0v) is 9.56. The highest BCUT2D eigenvalue weighted by Gasteiger charge is 1.97. The summed E-state index contributed by atoms with van der Waals surface area (Å²) in [6.07, 6.45) is 0. The number of carbonyl (C=O) groups is 1. The smallest absolute Gasteiger partial charge is 0.330 e. The Morgan fingerprint density at radius 2 is 1.93 bits per heavy atom. The van der Waals surface area contributed by atoms with Gasteiger partial charge in [0.15, 0.2) is 5.17 Å². The Hall–Kier alpha value is -0.680. The largest absolute Gasteiger partial charge is 0.394 e. The molecular weight excluding hydrogens is 246 g/mol. The van der Waals surface area contributed by atoms with Gasteiger partial charge in [-0.25, -0.2) is 0 Å². The quantitative estimate of drug-likeness (QED) is 0.244. The van der Waals surface area contributed by atoms with Gasteiger partial charge in [0.05, 0.1) is 0 Å². The molecule has 0 aromatic heterocycles. The normalized spacial score (nSPS) is 9.87. The van der Waals surface area contributed by atoms with Gasteiger partial charge in [0.1, 0.15) is 0 Å². The summed E-state index contributed by atoms with van der Waals surface area (Å²) in [6, 6.07) is 0. The monoisotopic (exact) mass is 259 g/mol. The second-order valence-electron chi connectivity index (χ2n) is 2.10. The van der Waals surface area contributed by atoms with Gasteiger partial charge < -0.3 is 11.1 Å². The maximum Gasteiger partial charge on any atom is 0.394 e. The lowest BCUT2D eigenvalue weighted by molar-refractivity contribution is -0.117. The molecule has 0 saturated heterocycles. The summed E-state index contributed by atoms with van der Waals surface area (Å²) in [5.41, 5.74) is 5.18. The third kappa shape index (κ3) is 31.9. The van der Waals surface area contributed by atoms with Gasteiger partial charge in [0.2, 0.25) is 5.91 Å². The van der Waals surface area contributed by atoms with Crippen molar-refractivity contribution in [3.63, 3.8) is 0 Å². The van der Waals surface area contributed by atoms with Crippen LogP contribution in [0.15, 0.2) is 0 Å². The van der Waals surface area contributed by atoms with E-state index in [0.29, 0.717) is 12.3 Å². The molecule has 90 valence electrons. The van der Waals surface area contributed by atoms with Gasteiger partial charge >= 0.3 is 10.4 Å². The average Bonchev–Trinajstić information content (AvgIpc) is 1.96. The van der Waals surface area contributed by atoms with E-state index in [9.17, 15) is 4.79 Å². The van der Waals surface area contributed by atoms with Gasteiger partial charge in [0.25, 0.3) is 0 Å². The van der Waals surface area contributed by atoms with Gasteiger partial charge in [-0.1, -0.05) is 11.8 Å². The lowest BCUT2D eigenvalue weighted by Gasteiger charge is -2.00. The number of amidine groups is 1. The minimum Gasteiger partial charge on any atom is -0.330 e. The minimum absolute atomic E-state index is 0.165. The van der Waals surface area contributed by atoms with Crippen LogP contribution in [-0.4, -0.2) is 40.9 Å². The van der Waals surface area contributed by atoms with Gasteiger partial charge in [-0.05, 0) is 0 Å². The Labute approximate surface area is 91.7 Å². The van der Waals surface area contributed by atoms with Crippen molar-refractivity contribution in [2.45, 2.75) is 6.92 Å². The fraction of sp³-hybridized carbons (Fsp3) is 0.600. The third-order valence-corrected chi connectivity index (χ3v) is 1.48. The Bertz CT molecular complexity index is 294. The average molecular weight is 259 g/mol. The van der Waals surface area contributed by atoms with E-state index in [1.165, 1.54) is 18.7 Å². The predicted molar refractivity (Wildman–Crippen MR) is 57.2 cm³/mol. The molecule has 0 saturated carbocycles. The molecule has 8 nitrogen and oxygen atoms in total. The van der Waals surface area contributed by atoms with Crippen LogP contribution in [0.25, 0.3) is 0 Å². The molecule has 0 aromatic carbocycles. The van der Waals surface area contributed by atoms with Crippen LogP contribution < -0.4 is 11.1 Å². The Morgan fingerprint density at radius 1 is 1.53 bits per heavy atom. The van der Waals surface area contributed by atoms with Crippen molar-refractivity contribution in [3.05, 3.63) is 0 Å². The van der Waals surface area contributed by atoms with Crippen molar-refractivity contribution < 1.29 is 22.3 Å². The molecule has 6 N–H and O–H groups in total. The molecule has 0 fully saturated rings. The number of hydrogen-bond acceptors (Lipinski definition) is 6. The van der Waals surface area contributed by atoms with E-state index in [-0.39, 0.29) is 11.1 Å². The lowest BCUT2D eigenvalue weighted by Crippen LogP contribution is -2.25. The molecule has 0 unspecified atom stereocenters. The first kappa shape index (κ1) is 16.7. The predicted octanol–water partition coefficient (Wildman–Crippen LogP) is -0.904. The Balaban J connectivity index is 0. The first-order chi connectivity index (χ1) is 6.66. The van der Waals surface area contributed by atoms with E-state index in [0.717, 1.165) is 0 Å². The summed E-state index contributed by atoms with van der Waals surface area (Å²) in [7, 11) is -4.67. The van der Waals surface area contributed by atoms with E-state index in [2.05, 4.69) is 5.32 Å². The molecule has 0 aromatic rings. The van der Waals surface area contributed by atoms with Crippen LogP contribution in [0.1, 0.15) is 6.92 Å². The number of hydrogen-bond donors (Lipinski definition) is 5. The topological polar surface area (TPSA) is 154 Å². The van der Waals surface area contributed by atoms with Crippen molar-refractivity contribution in [2.75, 3.05) is 12.3 Å². The number of nitrogens with two attached hydrogens (primary N) is 1. The Morgan fingerprint density at radius 3 is 2.20 bits per heavy atom. The number of amides is 1. The van der Waals surface area contributed by atoms with E-state index >= 15 is 0 Å². The second-order valence-corrected chi connectivity index (χ2v) is 4.10. The molecular formula is C5H13N3O5S2. The number of thioether (sulfide) groups is 1. The zero-order valence-electron chi connectivity index (χ0n) is 7.93. The first-order valence-corrected chi connectivity index (χ1v) is 5.94. The molecule has 0 bridgehead atoms. The maximum absolute atomic E-state index is 10.3. The van der Waals surface area contributed by atoms with E-state index in [1.54, 1.807) is 0 Å². The van der Waals surface area contributed by atoms with Gasteiger partial charge in [-0.3, -0.25) is 19.3 Å². The summed E-state index contributed by atoms with van der Waals surface area (Å²) in [5, 5.41) is 9.59. The molecule has 0 rings (SSSR count). The fourth-order valence-corrected chi connectivity index (χ4v) is 0.895. The minimum atomic E-state index is -4.67. The van der Waals surface area contributed by atoms with E-state index in [4.69, 9.17) is 28.7 Å². The standard InChI is InChI=1S/C5H11N3OS.H2O4S/c1-4(9)8-5(7)10-3-2-6;1-5(2,3)4/h2-3,6H2,1H3,(H2,7,8,9);(H2,1,2,3,4). The molecule has 0 spiro atoms. The molecule has 1 amide bonds. The van der Waals surface area contributed by atoms with Gasteiger partial charge in [0, 0.05) is 19.2 Å². The summed E-state index contributed by atoms with van der Waals surface area (Å²) in [5.74, 6) is 0.452. The van der Waals surface area contributed by atoms with Crippen molar-refractivity contribution in [2.24, 2.45) is 5.73 Å². The van der Waals surface area contributed by atoms with Crippen LogP contribution in [0.2, 0.25) is 0 Å². The number of rotatable bonds is 2. The molecule has 0 atom stereocenters. The van der Waals surface area contributed by atoms with Crippen molar-refractivity contribution in [1.82, 2.24) is 5.32 Å². The summed E-state index contributed by atoms with van der Waals surface area (Å²) < 4.78 is 31.6. The highest BCUT2D eigenvalue weighted by atomic mass is 32.3. The number of carbonyl (C=O) groups excluding carboxylic acids is 1. The van der Waals surface area contributed by atoms with Crippen LogP contribution in [0.4, 0.5) is 0 Å². The van der Waals surface area contributed by atoms with Crippen LogP contribution in [0.5, 0.6) is 0 Å². The highest BCUT2D eigenvalue weighted by Crippen LogP contribution is 1.96. The molecule has 0 aliphatic carbocycles. The molecule has 0 aliphatic heterocycles.